The van der Waals surface area contributed by atoms with E-state index >= 15 is 0 Å². The predicted octanol–water partition coefficient (Wildman–Crippen LogP) is 2.37. The second-order valence-corrected chi connectivity index (χ2v) is 6.15. The van der Waals surface area contributed by atoms with E-state index < -0.39 is 0 Å². The van der Waals surface area contributed by atoms with Crippen molar-refractivity contribution in [3.8, 4) is 0 Å². The summed E-state index contributed by atoms with van der Waals surface area (Å²) in [5, 5.41) is 3.42. The van der Waals surface area contributed by atoms with Crippen LogP contribution in [-0.4, -0.2) is 25.0 Å². The van der Waals surface area contributed by atoms with Crippen molar-refractivity contribution in [3.05, 3.63) is 29.3 Å². The number of anilines is 1. The number of piperidine rings is 1. The van der Waals surface area contributed by atoms with Crippen molar-refractivity contribution in [2.24, 2.45) is 0 Å². The second-order valence-electron chi connectivity index (χ2n) is 6.15. The minimum atomic E-state index is -0.316. The number of hydrogen-bond acceptors (Lipinski definition) is 2. The zero-order valence-corrected chi connectivity index (χ0v) is 12.0. The Morgan fingerprint density at radius 2 is 2.16 bits per heavy atom. The van der Waals surface area contributed by atoms with Crippen LogP contribution in [0.1, 0.15) is 37.8 Å². The molecule has 19 heavy (non-hydrogen) atoms. The van der Waals surface area contributed by atoms with Crippen LogP contribution in [0.2, 0.25) is 0 Å². The number of aryl methyl sites for hydroxylation is 1. The van der Waals surface area contributed by atoms with Gasteiger partial charge in [0, 0.05) is 18.3 Å². The Balaban J connectivity index is 2.17. The molecule has 0 aliphatic carbocycles. The summed E-state index contributed by atoms with van der Waals surface area (Å²) in [5.74, 6) is 0.287. The maximum Gasteiger partial charge on any atom is 0.239 e. The molecule has 2 aliphatic rings. The van der Waals surface area contributed by atoms with Crippen molar-refractivity contribution in [1.82, 2.24) is 5.32 Å². The summed E-state index contributed by atoms with van der Waals surface area (Å²) in [6.07, 6.45) is 2.05. The SMILES string of the molecule is Cc1ccc2c(c1)C1(CCCNC1)C(=O)N2C(C)C. The van der Waals surface area contributed by atoms with Gasteiger partial charge in [-0.2, -0.15) is 0 Å². The van der Waals surface area contributed by atoms with Crippen LogP contribution in [0.3, 0.4) is 0 Å². The van der Waals surface area contributed by atoms with Gasteiger partial charge in [0.15, 0.2) is 0 Å². The number of hydrogen-bond donors (Lipinski definition) is 1. The third-order valence-corrected chi connectivity index (χ3v) is 4.46. The first-order valence-corrected chi connectivity index (χ1v) is 7.22. The van der Waals surface area contributed by atoms with E-state index in [1.807, 2.05) is 4.90 Å². The summed E-state index contributed by atoms with van der Waals surface area (Å²) in [6, 6.07) is 6.65. The molecule has 0 radical (unpaired) electrons. The number of nitrogens with zero attached hydrogens (tertiary/aromatic N) is 1. The largest absolute Gasteiger partial charge is 0.315 e. The van der Waals surface area contributed by atoms with Gasteiger partial charge in [-0.05, 0) is 51.8 Å². The molecule has 1 atom stereocenters. The number of rotatable bonds is 1. The number of fused-ring (bicyclic) bond motifs is 2. The van der Waals surface area contributed by atoms with E-state index in [0.717, 1.165) is 31.6 Å². The van der Waals surface area contributed by atoms with E-state index in [2.05, 4.69) is 44.3 Å². The van der Waals surface area contributed by atoms with Crippen LogP contribution in [0.15, 0.2) is 18.2 Å². The molecule has 1 aromatic rings. The summed E-state index contributed by atoms with van der Waals surface area (Å²) in [4.78, 5) is 15.0. The van der Waals surface area contributed by atoms with Crippen molar-refractivity contribution < 1.29 is 4.79 Å². The zero-order chi connectivity index (χ0) is 13.6. The van der Waals surface area contributed by atoms with Gasteiger partial charge in [-0.25, -0.2) is 0 Å². The monoisotopic (exact) mass is 258 g/mol. The maximum absolute atomic E-state index is 13.0. The van der Waals surface area contributed by atoms with E-state index in [0.29, 0.717) is 0 Å². The van der Waals surface area contributed by atoms with Crippen LogP contribution in [0, 0.1) is 6.92 Å². The van der Waals surface area contributed by atoms with Gasteiger partial charge < -0.3 is 10.2 Å². The lowest BCUT2D eigenvalue weighted by atomic mass is 9.75. The molecule has 102 valence electrons. The molecule has 1 N–H and O–H groups in total. The van der Waals surface area contributed by atoms with Crippen LogP contribution >= 0.6 is 0 Å². The molecule has 1 spiro atoms. The molecule has 1 unspecified atom stereocenters. The molecule has 2 heterocycles. The number of nitrogens with one attached hydrogen (secondary N) is 1. The first-order chi connectivity index (χ1) is 9.06. The molecule has 3 rings (SSSR count). The second kappa shape index (κ2) is 4.34. The third-order valence-electron chi connectivity index (χ3n) is 4.46. The Hall–Kier alpha value is -1.35. The first-order valence-electron chi connectivity index (χ1n) is 7.22. The fourth-order valence-corrected chi connectivity index (χ4v) is 3.53. The standard InChI is InChI=1S/C16H22N2O/c1-11(2)18-14-6-5-12(3)9-13(14)16(15(18)19)7-4-8-17-10-16/h5-6,9,11,17H,4,7-8,10H2,1-3H3. The van der Waals surface area contributed by atoms with E-state index in [1.54, 1.807) is 0 Å². The number of carbonyl (C=O) groups is 1. The molecule has 0 saturated carbocycles. The van der Waals surface area contributed by atoms with Crippen LogP contribution in [-0.2, 0) is 10.2 Å². The average molecular weight is 258 g/mol. The van der Waals surface area contributed by atoms with Gasteiger partial charge >= 0.3 is 0 Å². The van der Waals surface area contributed by atoms with Gasteiger partial charge in [-0.3, -0.25) is 4.79 Å². The van der Waals surface area contributed by atoms with Gasteiger partial charge in [0.2, 0.25) is 5.91 Å². The van der Waals surface area contributed by atoms with E-state index in [1.165, 1.54) is 11.1 Å². The molecular weight excluding hydrogens is 236 g/mol. The number of carbonyl (C=O) groups excluding carboxylic acids is 1. The van der Waals surface area contributed by atoms with Crippen LogP contribution in [0.25, 0.3) is 0 Å². The Morgan fingerprint density at radius 3 is 2.79 bits per heavy atom. The highest BCUT2D eigenvalue weighted by Crippen LogP contribution is 2.46. The minimum Gasteiger partial charge on any atom is -0.315 e. The van der Waals surface area contributed by atoms with Crippen molar-refractivity contribution in [2.45, 2.75) is 45.1 Å². The fourth-order valence-electron chi connectivity index (χ4n) is 3.53. The molecule has 3 nitrogen and oxygen atoms in total. The number of amides is 1. The lowest BCUT2D eigenvalue weighted by molar-refractivity contribution is -0.124. The average Bonchev–Trinajstić information content (AvgIpc) is 2.61. The molecule has 1 amide bonds. The van der Waals surface area contributed by atoms with Gasteiger partial charge in [0.1, 0.15) is 0 Å². The molecule has 1 aromatic carbocycles. The summed E-state index contributed by atoms with van der Waals surface area (Å²) in [6.45, 7) is 8.10. The summed E-state index contributed by atoms with van der Waals surface area (Å²) >= 11 is 0. The lowest BCUT2D eigenvalue weighted by Crippen LogP contribution is -2.51. The highest BCUT2D eigenvalue weighted by molar-refractivity contribution is 6.08. The van der Waals surface area contributed by atoms with Crippen molar-refractivity contribution in [3.63, 3.8) is 0 Å². The van der Waals surface area contributed by atoms with Gasteiger partial charge in [0.25, 0.3) is 0 Å². The van der Waals surface area contributed by atoms with E-state index in [4.69, 9.17) is 0 Å². The summed E-state index contributed by atoms with van der Waals surface area (Å²) < 4.78 is 0. The molecule has 3 heteroatoms. The zero-order valence-electron chi connectivity index (χ0n) is 12.0. The summed E-state index contributed by atoms with van der Waals surface area (Å²) in [5.41, 5.74) is 3.28. The van der Waals surface area contributed by atoms with Crippen LogP contribution in [0.4, 0.5) is 5.69 Å². The topological polar surface area (TPSA) is 32.3 Å². The Bertz CT molecular complexity index is 515. The quantitative estimate of drug-likeness (QED) is 0.838. The molecule has 2 aliphatic heterocycles. The molecule has 1 saturated heterocycles. The van der Waals surface area contributed by atoms with Crippen molar-refractivity contribution in [2.75, 3.05) is 18.0 Å². The van der Waals surface area contributed by atoms with E-state index in [-0.39, 0.29) is 17.4 Å². The van der Waals surface area contributed by atoms with Crippen molar-refractivity contribution in [1.29, 1.82) is 0 Å². The van der Waals surface area contributed by atoms with Crippen LogP contribution in [0.5, 0.6) is 0 Å². The summed E-state index contributed by atoms with van der Waals surface area (Å²) in [7, 11) is 0. The Kier molecular flexibility index (Phi) is 2.90. The Labute approximate surface area is 115 Å². The van der Waals surface area contributed by atoms with Gasteiger partial charge in [-0.1, -0.05) is 17.7 Å². The fraction of sp³-hybridized carbons (Fsp3) is 0.562. The van der Waals surface area contributed by atoms with Gasteiger partial charge in [0.05, 0.1) is 5.41 Å². The number of benzene rings is 1. The van der Waals surface area contributed by atoms with Crippen LogP contribution < -0.4 is 10.2 Å². The van der Waals surface area contributed by atoms with Crippen molar-refractivity contribution >= 4 is 11.6 Å². The normalized spacial score (nSPS) is 26.3. The molecular formula is C16H22N2O. The first kappa shape index (κ1) is 12.7. The van der Waals surface area contributed by atoms with E-state index in [9.17, 15) is 4.79 Å². The predicted molar refractivity (Wildman–Crippen MR) is 77.6 cm³/mol. The highest BCUT2D eigenvalue weighted by atomic mass is 16.2. The highest BCUT2D eigenvalue weighted by Gasteiger charge is 2.51. The maximum atomic E-state index is 13.0. The Morgan fingerprint density at radius 1 is 1.37 bits per heavy atom. The molecule has 1 fully saturated rings. The minimum absolute atomic E-state index is 0.218. The third kappa shape index (κ3) is 1.71. The smallest absolute Gasteiger partial charge is 0.239 e. The van der Waals surface area contributed by atoms with Gasteiger partial charge in [-0.15, -0.1) is 0 Å². The lowest BCUT2D eigenvalue weighted by Gasteiger charge is -2.33. The molecule has 0 bridgehead atoms. The molecule has 0 aromatic heterocycles.